The third kappa shape index (κ3) is 5.32. The molecule has 0 radical (unpaired) electrons. The molecule has 15 nitrogen and oxygen atoms in total. The largest absolute Gasteiger partial charge is 0.394 e. The Bertz CT molecular complexity index is 627. The van der Waals surface area contributed by atoms with Crippen LogP contribution in [-0.4, -0.2) is 151 Å². The summed E-state index contributed by atoms with van der Waals surface area (Å²) in [5.41, 5.74) is 5.73. The smallest absolute Gasteiger partial charge is 0.187 e. The Labute approximate surface area is 188 Å². The van der Waals surface area contributed by atoms with Crippen molar-refractivity contribution < 1.29 is 69.6 Å². The molecule has 194 valence electrons. The number of hydrogen-bond acceptors (Lipinski definition) is 15. The summed E-state index contributed by atoms with van der Waals surface area (Å²) in [6.07, 6.45) is -21.4. The maximum atomic E-state index is 10.6. The number of ether oxygens (including phenoxy) is 5. The molecular weight excluding hydrogens is 454 g/mol. The fourth-order valence-electron chi connectivity index (χ4n) is 4.04. The molecule has 0 bridgehead atoms. The molecule has 3 rings (SSSR count). The molecule has 0 aromatic heterocycles. The van der Waals surface area contributed by atoms with Gasteiger partial charge in [0.25, 0.3) is 0 Å². The van der Waals surface area contributed by atoms with Crippen molar-refractivity contribution >= 4 is 0 Å². The lowest BCUT2D eigenvalue weighted by atomic mass is 9.96. The lowest BCUT2D eigenvalue weighted by Crippen LogP contribution is -2.66. The van der Waals surface area contributed by atoms with Gasteiger partial charge >= 0.3 is 0 Å². The second-order valence-electron chi connectivity index (χ2n) is 8.41. The van der Waals surface area contributed by atoms with Crippen LogP contribution >= 0.6 is 0 Å². The SMILES string of the molecule is CC1O[C@@H](O[C@H]2C(CO)O[C@@H](O[C@H]3C(CO)O[C@@H](O)C(O)[C@@H]3O)C(O)[C@@H]2O)C(O)[C@H](O)[C@@H]1N. The van der Waals surface area contributed by atoms with Gasteiger partial charge in [0.2, 0.25) is 0 Å². The fourth-order valence-corrected chi connectivity index (χ4v) is 4.04. The third-order valence-corrected chi connectivity index (χ3v) is 6.16. The van der Waals surface area contributed by atoms with Gasteiger partial charge in [-0.1, -0.05) is 0 Å². The Morgan fingerprint density at radius 2 is 1.09 bits per heavy atom. The van der Waals surface area contributed by atoms with Crippen molar-refractivity contribution in [1.82, 2.24) is 0 Å². The van der Waals surface area contributed by atoms with Crippen LogP contribution in [0.25, 0.3) is 0 Å². The van der Waals surface area contributed by atoms with Crippen LogP contribution in [0.15, 0.2) is 0 Å². The maximum Gasteiger partial charge on any atom is 0.187 e. The van der Waals surface area contributed by atoms with E-state index in [9.17, 15) is 46.0 Å². The molecule has 0 spiro atoms. The number of hydrogen-bond donors (Lipinski definition) is 10. The Balaban J connectivity index is 1.71. The van der Waals surface area contributed by atoms with Crippen molar-refractivity contribution in [3.63, 3.8) is 0 Å². The Kier molecular flexibility index (Phi) is 8.99. The van der Waals surface area contributed by atoms with Crippen LogP contribution in [-0.2, 0) is 23.7 Å². The molecule has 6 unspecified atom stereocenters. The molecule has 3 fully saturated rings. The van der Waals surface area contributed by atoms with Crippen molar-refractivity contribution in [2.45, 2.75) is 99.0 Å². The highest BCUT2D eigenvalue weighted by Crippen LogP contribution is 2.31. The maximum absolute atomic E-state index is 10.6. The van der Waals surface area contributed by atoms with Crippen LogP contribution in [0.1, 0.15) is 6.92 Å². The molecule has 15 heteroatoms. The summed E-state index contributed by atoms with van der Waals surface area (Å²) in [5.74, 6) is 0. The molecule has 11 N–H and O–H groups in total. The zero-order valence-electron chi connectivity index (χ0n) is 17.7. The average molecular weight is 487 g/mol. The average Bonchev–Trinajstić information content (AvgIpc) is 2.80. The van der Waals surface area contributed by atoms with Gasteiger partial charge in [-0.15, -0.1) is 0 Å². The number of aliphatic hydroxyl groups excluding tert-OH is 9. The minimum absolute atomic E-state index is 0.728. The molecule has 33 heavy (non-hydrogen) atoms. The standard InChI is InChI=1S/C18H33NO14/c1-4-7(19)8(22)12(26)17(29-4)32-15-6(3-21)31-18(13(27)10(15)24)33-14-5(2-20)30-16(28)11(25)9(14)23/h4-18,20-28H,2-3,19H2,1H3/t4?,5?,6?,7-,8-,9+,10+,11?,12?,13?,14+,15+,16-,17+,18+/m1/s1. The molecule has 3 saturated heterocycles. The quantitative estimate of drug-likeness (QED) is 0.167. The molecule has 0 aromatic carbocycles. The van der Waals surface area contributed by atoms with Gasteiger partial charge in [-0.25, -0.2) is 0 Å². The first-order chi connectivity index (χ1) is 15.5. The lowest BCUT2D eigenvalue weighted by molar-refractivity contribution is -0.373. The van der Waals surface area contributed by atoms with Crippen molar-refractivity contribution in [1.29, 1.82) is 0 Å². The second kappa shape index (κ2) is 11.0. The van der Waals surface area contributed by atoms with Crippen LogP contribution in [0.3, 0.4) is 0 Å². The summed E-state index contributed by atoms with van der Waals surface area (Å²) in [6, 6.07) is -0.901. The highest BCUT2D eigenvalue weighted by molar-refractivity contribution is 4.96. The zero-order valence-corrected chi connectivity index (χ0v) is 17.7. The van der Waals surface area contributed by atoms with E-state index in [1.807, 2.05) is 0 Å². The van der Waals surface area contributed by atoms with Gasteiger partial charge in [0.1, 0.15) is 61.0 Å². The van der Waals surface area contributed by atoms with Crippen LogP contribution in [0.5, 0.6) is 0 Å². The van der Waals surface area contributed by atoms with E-state index in [2.05, 4.69) is 0 Å². The molecule has 0 saturated carbocycles. The summed E-state index contributed by atoms with van der Waals surface area (Å²) in [6.45, 7) is 0.0570. The van der Waals surface area contributed by atoms with Crippen molar-refractivity contribution in [2.75, 3.05) is 13.2 Å². The van der Waals surface area contributed by atoms with E-state index in [0.29, 0.717) is 0 Å². The molecular formula is C18H33NO14. The first-order valence-electron chi connectivity index (χ1n) is 10.5. The van der Waals surface area contributed by atoms with E-state index in [4.69, 9.17) is 29.4 Å². The zero-order chi connectivity index (χ0) is 24.6. The van der Waals surface area contributed by atoms with Gasteiger partial charge in [0, 0.05) is 0 Å². The number of nitrogens with two attached hydrogens (primary N) is 1. The predicted molar refractivity (Wildman–Crippen MR) is 102 cm³/mol. The van der Waals surface area contributed by atoms with E-state index in [0.717, 1.165) is 0 Å². The first kappa shape index (κ1) is 27.0. The first-order valence-corrected chi connectivity index (χ1v) is 10.5. The van der Waals surface area contributed by atoms with E-state index in [1.54, 1.807) is 0 Å². The molecule has 3 aliphatic heterocycles. The predicted octanol–water partition coefficient (Wildman–Crippen LogP) is -6.58. The van der Waals surface area contributed by atoms with Gasteiger partial charge in [-0.05, 0) is 6.92 Å². The molecule has 0 aliphatic carbocycles. The molecule has 15 atom stereocenters. The lowest BCUT2D eigenvalue weighted by Gasteiger charge is -2.47. The summed E-state index contributed by atoms with van der Waals surface area (Å²) in [5, 5.41) is 90.2. The normalized spacial score (nSPS) is 53.7. The number of rotatable bonds is 6. The Hall–Kier alpha value is -0.600. The molecule has 0 aromatic rings. The molecule has 3 aliphatic rings. The summed E-state index contributed by atoms with van der Waals surface area (Å²) < 4.78 is 26.8. The van der Waals surface area contributed by atoms with E-state index in [1.165, 1.54) is 6.92 Å². The van der Waals surface area contributed by atoms with Crippen molar-refractivity contribution in [3.05, 3.63) is 0 Å². The van der Waals surface area contributed by atoms with Crippen molar-refractivity contribution in [3.8, 4) is 0 Å². The minimum atomic E-state index is -1.83. The second-order valence-corrected chi connectivity index (χ2v) is 8.41. The highest BCUT2D eigenvalue weighted by atomic mass is 16.7. The van der Waals surface area contributed by atoms with Gasteiger partial charge < -0.3 is 75.4 Å². The molecule has 3 heterocycles. The van der Waals surface area contributed by atoms with Crippen LogP contribution < -0.4 is 5.73 Å². The topological polar surface area (TPSA) is 254 Å². The van der Waals surface area contributed by atoms with Gasteiger partial charge in [-0.2, -0.15) is 0 Å². The third-order valence-electron chi connectivity index (χ3n) is 6.16. The summed E-state index contributed by atoms with van der Waals surface area (Å²) in [7, 11) is 0. The number of aliphatic hydroxyl groups is 9. The van der Waals surface area contributed by atoms with E-state index < -0.39 is 105 Å². The van der Waals surface area contributed by atoms with E-state index in [-0.39, 0.29) is 0 Å². The monoisotopic (exact) mass is 487 g/mol. The summed E-state index contributed by atoms with van der Waals surface area (Å²) >= 11 is 0. The summed E-state index contributed by atoms with van der Waals surface area (Å²) in [4.78, 5) is 0. The van der Waals surface area contributed by atoms with Gasteiger partial charge in [0.15, 0.2) is 18.9 Å². The van der Waals surface area contributed by atoms with Crippen molar-refractivity contribution in [2.24, 2.45) is 5.73 Å². The highest BCUT2D eigenvalue weighted by Gasteiger charge is 2.52. The van der Waals surface area contributed by atoms with Gasteiger partial charge in [0.05, 0.1) is 25.4 Å². The van der Waals surface area contributed by atoms with Gasteiger partial charge in [-0.3, -0.25) is 0 Å². The molecule has 0 amide bonds. The van der Waals surface area contributed by atoms with Crippen LogP contribution in [0.4, 0.5) is 0 Å². The van der Waals surface area contributed by atoms with Crippen LogP contribution in [0, 0.1) is 0 Å². The van der Waals surface area contributed by atoms with E-state index >= 15 is 0 Å². The fraction of sp³-hybridized carbons (Fsp3) is 1.00. The Morgan fingerprint density at radius 1 is 0.636 bits per heavy atom. The Morgan fingerprint density at radius 3 is 1.64 bits per heavy atom. The minimum Gasteiger partial charge on any atom is -0.394 e. The van der Waals surface area contributed by atoms with Crippen LogP contribution in [0.2, 0.25) is 0 Å².